The van der Waals surface area contributed by atoms with Crippen molar-refractivity contribution in [3.63, 3.8) is 0 Å². The molecule has 1 atom stereocenters. The normalized spacial score (nSPS) is 16.9. The van der Waals surface area contributed by atoms with E-state index in [-0.39, 0.29) is 43.9 Å². The van der Waals surface area contributed by atoms with Crippen LogP contribution in [0.25, 0.3) is 0 Å². The fourth-order valence-corrected chi connectivity index (χ4v) is 2.84. The molecule has 0 bridgehead atoms. The van der Waals surface area contributed by atoms with Crippen molar-refractivity contribution in [1.29, 1.82) is 0 Å². The van der Waals surface area contributed by atoms with Crippen molar-refractivity contribution in [1.82, 2.24) is 19.7 Å². The third-order valence-electron chi connectivity index (χ3n) is 4.24. The van der Waals surface area contributed by atoms with Crippen LogP contribution >= 0.6 is 0 Å². The molecule has 0 aliphatic carbocycles. The van der Waals surface area contributed by atoms with Crippen molar-refractivity contribution in [3.05, 3.63) is 47.6 Å². The highest BCUT2D eigenvalue weighted by atomic mass is 19.4. The van der Waals surface area contributed by atoms with Gasteiger partial charge >= 0.3 is 6.18 Å². The van der Waals surface area contributed by atoms with Gasteiger partial charge in [-0.05, 0) is 12.0 Å². The molecule has 2 rings (SSSR count). The highest BCUT2D eigenvalue weighted by Gasteiger charge is 2.39. The first-order valence-corrected chi connectivity index (χ1v) is 8.52. The monoisotopic (exact) mass is 423 g/mol. The molecule has 0 radical (unpaired) electrons. The Hall–Kier alpha value is -2.63. The molecule has 0 saturated heterocycles. The molecular weight excluding hydrogens is 404 g/mol. The standard InChI is InChI=1S/C17H19F6N5O/c1-2-10(13(20)6-11(19)8-18)5-12(24)7-15(29)27-3-4-28-14(9-27)25-26-16(28)17(21,22)23/h2,6,12H,1,3-5,7-9,24H2/b11-6+,13-10-/t12-/m1/s1. The van der Waals surface area contributed by atoms with Crippen LogP contribution in [0.1, 0.15) is 24.5 Å². The van der Waals surface area contributed by atoms with E-state index in [1.54, 1.807) is 0 Å². The van der Waals surface area contributed by atoms with E-state index in [4.69, 9.17) is 5.73 Å². The van der Waals surface area contributed by atoms with Gasteiger partial charge < -0.3 is 15.2 Å². The lowest BCUT2D eigenvalue weighted by molar-refractivity contribution is -0.148. The van der Waals surface area contributed by atoms with Crippen LogP contribution in [0.15, 0.2) is 36.0 Å². The minimum absolute atomic E-state index is 0.00262. The predicted molar refractivity (Wildman–Crippen MR) is 91.1 cm³/mol. The molecule has 12 heteroatoms. The zero-order chi connectivity index (χ0) is 21.8. The average molecular weight is 423 g/mol. The molecule has 160 valence electrons. The molecule has 2 heterocycles. The summed E-state index contributed by atoms with van der Waals surface area (Å²) in [6.45, 7) is 1.63. The molecule has 1 aliphatic heterocycles. The maximum Gasteiger partial charge on any atom is 0.451 e. The van der Waals surface area contributed by atoms with Crippen LogP contribution in [0.5, 0.6) is 0 Å². The van der Waals surface area contributed by atoms with E-state index in [0.717, 1.165) is 10.6 Å². The number of carbonyl (C=O) groups excluding carboxylic acids is 1. The Kier molecular flexibility index (Phi) is 7.22. The third-order valence-corrected chi connectivity index (χ3v) is 4.24. The molecule has 29 heavy (non-hydrogen) atoms. The highest BCUT2D eigenvalue weighted by molar-refractivity contribution is 5.77. The highest BCUT2D eigenvalue weighted by Crippen LogP contribution is 2.29. The lowest BCUT2D eigenvalue weighted by atomic mass is 10.0. The number of halogens is 6. The molecule has 1 aromatic rings. The number of hydrogen-bond donors (Lipinski definition) is 1. The van der Waals surface area contributed by atoms with Crippen LogP contribution < -0.4 is 5.73 Å². The summed E-state index contributed by atoms with van der Waals surface area (Å²) in [4.78, 5) is 13.7. The quantitative estimate of drug-likeness (QED) is 0.541. The SMILES string of the molecule is C=C/C(C[C@@H](N)CC(=O)N1CCn2c(nnc2C(F)(F)F)C1)=C(F)\C=C(\F)CF. The number of carbonyl (C=O) groups is 1. The van der Waals surface area contributed by atoms with E-state index in [2.05, 4.69) is 16.8 Å². The Labute approximate surface area is 162 Å². The summed E-state index contributed by atoms with van der Waals surface area (Å²) in [5.74, 6) is -3.95. The van der Waals surface area contributed by atoms with Crippen LogP contribution in [-0.4, -0.2) is 44.8 Å². The Morgan fingerprint density at radius 1 is 1.24 bits per heavy atom. The van der Waals surface area contributed by atoms with E-state index in [9.17, 15) is 31.1 Å². The lowest BCUT2D eigenvalue weighted by Gasteiger charge is -2.29. The number of aromatic nitrogens is 3. The Morgan fingerprint density at radius 3 is 2.52 bits per heavy atom. The molecule has 0 saturated carbocycles. The number of nitrogens with zero attached hydrogens (tertiary/aromatic N) is 4. The van der Waals surface area contributed by atoms with Gasteiger partial charge in [-0.3, -0.25) is 4.79 Å². The molecule has 1 aromatic heterocycles. The first-order chi connectivity index (χ1) is 13.6. The summed E-state index contributed by atoms with van der Waals surface area (Å²) in [5.41, 5.74) is 5.75. The predicted octanol–water partition coefficient (Wildman–Crippen LogP) is 2.98. The first kappa shape index (κ1) is 22.7. The summed E-state index contributed by atoms with van der Waals surface area (Å²) < 4.78 is 78.3. The van der Waals surface area contributed by atoms with Gasteiger partial charge in [-0.15, -0.1) is 10.2 Å². The van der Waals surface area contributed by atoms with Gasteiger partial charge in [0.1, 0.15) is 18.3 Å². The van der Waals surface area contributed by atoms with Crippen LogP contribution in [0, 0.1) is 0 Å². The number of hydrogen-bond acceptors (Lipinski definition) is 4. The molecule has 0 fully saturated rings. The van der Waals surface area contributed by atoms with Gasteiger partial charge in [0.2, 0.25) is 11.7 Å². The van der Waals surface area contributed by atoms with E-state index in [1.165, 1.54) is 4.90 Å². The molecule has 6 nitrogen and oxygen atoms in total. The molecule has 1 amide bonds. The Morgan fingerprint density at radius 2 is 1.93 bits per heavy atom. The number of allylic oxidation sites excluding steroid dienone is 4. The number of nitrogens with two attached hydrogens (primary N) is 1. The largest absolute Gasteiger partial charge is 0.451 e. The lowest BCUT2D eigenvalue weighted by Crippen LogP contribution is -2.41. The molecule has 0 unspecified atom stereocenters. The van der Waals surface area contributed by atoms with Crippen LogP contribution in [0.4, 0.5) is 26.3 Å². The van der Waals surface area contributed by atoms with E-state index in [1.807, 2.05) is 0 Å². The second-order valence-electron chi connectivity index (χ2n) is 6.37. The van der Waals surface area contributed by atoms with Gasteiger partial charge in [0.05, 0.1) is 6.54 Å². The van der Waals surface area contributed by atoms with E-state index < -0.39 is 42.3 Å². The third kappa shape index (κ3) is 5.68. The maximum atomic E-state index is 13.9. The summed E-state index contributed by atoms with van der Waals surface area (Å²) in [6, 6.07) is -0.867. The zero-order valence-electron chi connectivity index (χ0n) is 15.2. The van der Waals surface area contributed by atoms with Gasteiger partial charge in [-0.2, -0.15) is 13.2 Å². The van der Waals surface area contributed by atoms with Crippen molar-refractivity contribution >= 4 is 5.91 Å². The Balaban J connectivity index is 2.01. The molecule has 1 aliphatic rings. The minimum atomic E-state index is -4.65. The number of rotatable bonds is 7. The summed E-state index contributed by atoms with van der Waals surface area (Å²) in [6.07, 6.45) is -3.59. The molecule has 0 spiro atoms. The van der Waals surface area contributed by atoms with Crippen molar-refractivity contribution in [2.24, 2.45) is 5.73 Å². The van der Waals surface area contributed by atoms with Crippen LogP contribution in [-0.2, 0) is 24.1 Å². The fraction of sp³-hybridized carbons (Fsp3) is 0.471. The molecule has 2 N–H and O–H groups in total. The first-order valence-electron chi connectivity index (χ1n) is 8.52. The smallest absolute Gasteiger partial charge is 0.333 e. The van der Waals surface area contributed by atoms with Crippen molar-refractivity contribution < 1.29 is 31.1 Å². The number of alkyl halides is 4. The molecule has 0 aromatic carbocycles. The fourth-order valence-electron chi connectivity index (χ4n) is 2.84. The van der Waals surface area contributed by atoms with Crippen LogP contribution in [0.3, 0.4) is 0 Å². The summed E-state index contributed by atoms with van der Waals surface area (Å²) in [7, 11) is 0. The van der Waals surface area contributed by atoms with E-state index in [0.29, 0.717) is 6.08 Å². The van der Waals surface area contributed by atoms with Gasteiger partial charge in [0.25, 0.3) is 0 Å². The van der Waals surface area contributed by atoms with Crippen molar-refractivity contribution in [3.8, 4) is 0 Å². The maximum absolute atomic E-state index is 13.9. The summed E-state index contributed by atoms with van der Waals surface area (Å²) in [5, 5.41) is 6.61. The second kappa shape index (κ2) is 9.25. The van der Waals surface area contributed by atoms with Gasteiger partial charge in [-0.1, -0.05) is 12.7 Å². The summed E-state index contributed by atoms with van der Waals surface area (Å²) >= 11 is 0. The van der Waals surface area contributed by atoms with Gasteiger partial charge in [-0.25, -0.2) is 13.2 Å². The van der Waals surface area contributed by atoms with Crippen molar-refractivity contribution in [2.75, 3.05) is 13.2 Å². The molecular formula is C17H19F6N5O. The number of amides is 1. The second-order valence-corrected chi connectivity index (χ2v) is 6.37. The number of fused-ring (bicyclic) bond motifs is 1. The van der Waals surface area contributed by atoms with Crippen LogP contribution in [0.2, 0.25) is 0 Å². The van der Waals surface area contributed by atoms with Gasteiger partial charge in [0.15, 0.2) is 5.82 Å². The average Bonchev–Trinajstić information content (AvgIpc) is 3.09. The van der Waals surface area contributed by atoms with Crippen molar-refractivity contribution in [2.45, 2.75) is 38.1 Å². The topological polar surface area (TPSA) is 77.0 Å². The van der Waals surface area contributed by atoms with E-state index >= 15 is 0 Å². The van der Waals surface area contributed by atoms with Gasteiger partial charge in [0, 0.05) is 31.6 Å². The Bertz CT molecular complexity index is 829. The minimum Gasteiger partial charge on any atom is -0.333 e. The zero-order valence-corrected chi connectivity index (χ0v) is 15.2.